The van der Waals surface area contributed by atoms with Gasteiger partial charge in [-0.1, -0.05) is 43.2 Å². The van der Waals surface area contributed by atoms with Gasteiger partial charge in [-0.2, -0.15) is 0 Å². The molecule has 4 heteroatoms. The molecule has 0 aromatic heterocycles. The van der Waals surface area contributed by atoms with E-state index in [2.05, 4.69) is 48.4 Å². The molecule has 0 radical (unpaired) electrons. The van der Waals surface area contributed by atoms with Crippen LogP contribution >= 0.6 is 24.0 Å². The van der Waals surface area contributed by atoms with Crippen LogP contribution in [0.25, 0.3) is 0 Å². The fourth-order valence-corrected chi connectivity index (χ4v) is 1.32. The number of aliphatic imine (C=N–C) groups is 1. The fourth-order valence-electron chi connectivity index (χ4n) is 1.32. The molecule has 1 rings (SSSR count). The van der Waals surface area contributed by atoms with E-state index in [9.17, 15) is 0 Å². The van der Waals surface area contributed by atoms with Crippen molar-refractivity contribution in [2.45, 2.75) is 33.2 Å². The topological polar surface area (TPSA) is 50.4 Å². The van der Waals surface area contributed by atoms with E-state index in [1.165, 1.54) is 11.1 Å². The van der Waals surface area contributed by atoms with Gasteiger partial charge in [0.2, 0.25) is 0 Å². The Kier molecular flexibility index (Phi) is 8.85. The minimum atomic E-state index is 0. The lowest BCUT2D eigenvalue weighted by Gasteiger charge is -2.04. The van der Waals surface area contributed by atoms with Crippen LogP contribution in [0.1, 0.15) is 30.9 Å². The molecule has 17 heavy (non-hydrogen) atoms. The maximum atomic E-state index is 5.73. The Morgan fingerprint density at radius 2 is 1.94 bits per heavy atom. The van der Waals surface area contributed by atoms with Gasteiger partial charge in [0, 0.05) is 6.54 Å². The second kappa shape index (κ2) is 9.27. The second-order valence-corrected chi connectivity index (χ2v) is 3.97. The van der Waals surface area contributed by atoms with Gasteiger partial charge < -0.3 is 11.1 Å². The average molecular weight is 347 g/mol. The number of guanidine groups is 1. The number of halogens is 1. The Hall–Kier alpha value is -0.780. The van der Waals surface area contributed by atoms with Gasteiger partial charge in [0.25, 0.3) is 0 Å². The summed E-state index contributed by atoms with van der Waals surface area (Å²) in [6, 6.07) is 8.34. The summed E-state index contributed by atoms with van der Waals surface area (Å²) in [5.41, 5.74) is 8.18. The maximum Gasteiger partial charge on any atom is 0.188 e. The molecular formula is C13H22IN3. The smallest absolute Gasteiger partial charge is 0.188 e. The fraction of sp³-hybridized carbons (Fsp3) is 0.462. The molecule has 1 aromatic rings. The van der Waals surface area contributed by atoms with Crippen molar-refractivity contribution in [3.05, 3.63) is 35.4 Å². The molecule has 0 aliphatic rings. The van der Waals surface area contributed by atoms with E-state index < -0.39 is 0 Å². The summed E-state index contributed by atoms with van der Waals surface area (Å²) in [6.07, 6.45) is 2.29. The molecule has 0 bridgehead atoms. The third-order valence-electron chi connectivity index (χ3n) is 2.39. The molecule has 0 saturated carbocycles. The number of nitrogens with one attached hydrogen (secondary N) is 1. The minimum absolute atomic E-state index is 0. The van der Waals surface area contributed by atoms with Crippen molar-refractivity contribution < 1.29 is 0 Å². The van der Waals surface area contributed by atoms with Crippen molar-refractivity contribution in [1.82, 2.24) is 5.32 Å². The van der Waals surface area contributed by atoms with E-state index in [0.29, 0.717) is 12.5 Å². The molecule has 0 unspecified atom stereocenters. The predicted molar refractivity (Wildman–Crippen MR) is 84.8 cm³/mol. The molecule has 0 aliphatic heterocycles. The molecular weight excluding hydrogens is 325 g/mol. The largest absolute Gasteiger partial charge is 0.370 e. The number of aryl methyl sites for hydroxylation is 1. The molecule has 0 amide bonds. The number of unbranched alkanes of at least 4 members (excludes halogenated alkanes) is 1. The lowest BCUT2D eigenvalue weighted by Crippen LogP contribution is -2.32. The van der Waals surface area contributed by atoms with Gasteiger partial charge in [0.15, 0.2) is 5.96 Å². The highest BCUT2D eigenvalue weighted by Crippen LogP contribution is 2.03. The van der Waals surface area contributed by atoms with Crippen molar-refractivity contribution >= 4 is 29.9 Å². The summed E-state index contributed by atoms with van der Waals surface area (Å²) < 4.78 is 0. The van der Waals surface area contributed by atoms with Crippen LogP contribution in [0, 0.1) is 6.92 Å². The standard InChI is InChI=1S/C13H21N3.HI/c1-3-4-9-15-13(14)16-10-12-7-5-11(2)6-8-12;/h5-8H,3-4,9-10H2,1-2H3,(H3,14,15,16);1H. The Morgan fingerprint density at radius 1 is 1.29 bits per heavy atom. The van der Waals surface area contributed by atoms with Crippen LogP contribution in [-0.4, -0.2) is 12.5 Å². The third kappa shape index (κ3) is 7.20. The quantitative estimate of drug-likeness (QED) is 0.372. The number of nitrogens with two attached hydrogens (primary N) is 1. The SMILES string of the molecule is CCCCNC(N)=NCc1ccc(C)cc1.I. The molecule has 1 aromatic carbocycles. The van der Waals surface area contributed by atoms with Crippen LogP contribution in [0.3, 0.4) is 0 Å². The summed E-state index contributed by atoms with van der Waals surface area (Å²) in [4.78, 5) is 4.28. The van der Waals surface area contributed by atoms with E-state index in [1.807, 2.05) is 0 Å². The van der Waals surface area contributed by atoms with E-state index in [0.717, 1.165) is 19.4 Å². The Labute approximate surface area is 121 Å². The van der Waals surface area contributed by atoms with Crippen LogP contribution < -0.4 is 11.1 Å². The lowest BCUT2D eigenvalue weighted by molar-refractivity contribution is 0.748. The van der Waals surface area contributed by atoms with E-state index in [-0.39, 0.29) is 24.0 Å². The van der Waals surface area contributed by atoms with Gasteiger partial charge in [-0.15, -0.1) is 24.0 Å². The first-order valence-electron chi connectivity index (χ1n) is 5.81. The zero-order valence-corrected chi connectivity index (χ0v) is 12.9. The van der Waals surface area contributed by atoms with Crippen molar-refractivity contribution in [1.29, 1.82) is 0 Å². The molecule has 3 N–H and O–H groups in total. The number of benzene rings is 1. The van der Waals surface area contributed by atoms with Crippen LogP contribution in [0.4, 0.5) is 0 Å². The Balaban J connectivity index is 0.00000256. The zero-order chi connectivity index (χ0) is 11.8. The third-order valence-corrected chi connectivity index (χ3v) is 2.39. The molecule has 96 valence electrons. The van der Waals surface area contributed by atoms with Crippen molar-refractivity contribution in [2.75, 3.05) is 6.54 Å². The maximum absolute atomic E-state index is 5.73. The first kappa shape index (κ1) is 16.2. The van der Waals surface area contributed by atoms with E-state index in [1.54, 1.807) is 0 Å². The lowest BCUT2D eigenvalue weighted by atomic mass is 10.1. The molecule has 0 atom stereocenters. The normalized spacial score (nSPS) is 10.8. The van der Waals surface area contributed by atoms with E-state index >= 15 is 0 Å². The number of hydrogen-bond acceptors (Lipinski definition) is 1. The van der Waals surface area contributed by atoms with Gasteiger partial charge in [-0.25, -0.2) is 4.99 Å². The van der Waals surface area contributed by atoms with E-state index in [4.69, 9.17) is 5.73 Å². The van der Waals surface area contributed by atoms with Crippen LogP contribution in [0.15, 0.2) is 29.3 Å². The molecule has 0 heterocycles. The number of rotatable bonds is 5. The zero-order valence-electron chi connectivity index (χ0n) is 10.6. The summed E-state index contributed by atoms with van der Waals surface area (Å²) in [5, 5.41) is 3.09. The molecule has 0 fully saturated rings. The Bertz CT molecular complexity index is 333. The van der Waals surface area contributed by atoms with Crippen LogP contribution in [0.5, 0.6) is 0 Å². The van der Waals surface area contributed by atoms with Crippen molar-refractivity contribution in [2.24, 2.45) is 10.7 Å². The number of hydrogen-bond donors (Lipinski definition) is 2. The van der Waals surface area contributed by atoms with Crippen LogP contribution in [0.2, 0.25) is 0 Å². The predicted octanol–water partition coefficient (Wildman–Crippen LogP) is 2.82. The molecule has 0 saturated heterocycles. The number of nitrogens with zero attached hydrogens (tertiary/aromatic N) is 1. The average Bonchev–Trinajstić information content (AvgIpc) is 2.29. The van der Waals surface area contributed by atoms with Gasteiger partial charge in [-0.05, 0) is 18.9 Å². The van der Waals surface area contributed by atoms with Crippen molar-refractivity contribution in [3.63, 3.8) is 0 Å². The first-order chi connectivity index (χ1) is 7.72. The van der Waals surface area contributed by atoms with Gasteiger partial charge in [0.05, 0.1) is 6.54 Å². The molecule has 3 nitrogen and oxygen atoms in total. The highest BCUT2D eigenvalue weighted by atomic mass is 127. The van der Waals surface area contributed by atoms with Gasteiger partial charge in [-0.3, -0.25) is 0 Å². The molecule has 0 spiro atoms. The van der Waals surface area contributed by atoms with Gasteiger partial charge in [0.1, 0.15) is 0 Å². The summed E-state index contributed by atoms with van der Waals surface area (Å²) in [5.74, 6) is 0.536. The minimum Gasteiger partial charge on any atom is -0.370 e. The van der Waals surface area contributed by atoms with Crippen LogP contribution in [-0.2, 0) is 6.54 Å². The highest BCUT2D eigenvalue weighted by Gasteiger charge is 1.93. The van der Waals surface area contributed by atoms with Crippen molar-refractivity contribution in [3.8, 4) is 0 Å². The Morgan fingerprint density at radius 3 is 2.53 bits per heavy atom. The summed E-state index contributed by atoms with van der Waals surface area (Å²) in [6.45, 7) is 5.78. The monoisotopic (exact) mass is 347 g/mol. The van der Waals surface area contributed by atoms with Gasteiger partial charge >= 0.3 is 0 Å². The molecule has 0 aliphatic carbocycles. The summed E-state index contributed by atoms with van der Waals surface area (Å²) >= 11 is 0. The highest BCUT2D eigenvalue weighted by molar-refractivity contribution is 14.0. The first-order valence-corrected chi connectivity index (χ1v) is 5.81. The second-order valence-electron chi connectivity index (χ2n) is 3.97. The summed E-state index contributed by atoms with van der Waals surface area (Å²) in [7, 11) is 0.